The molecule has 2 aliphatic heterocycles. The number of pyridine rings is 1. The average molecular weight is 520 g/mol. The lowest BCUT2D eigenvalue weighted by Crippen LogP contribution is -2.43. The lowest BCUT2D eigenvalue weighted by atomic mass is 9.98. The highest BCUT2D eigenvalue weighted by Gasteiger charge is 2.56. The molecule has 1 aromatic heterocycles. The summed E-state index contributed by atoms with van der Waals surface area (Å²) in [5, 5.41) is 2.99. The second-order valence-corrected chi connectivity index (χ2v) is 11.9. The van der Waals surface area contributed by atoms with E-state index >= 15 is 0 Å². The SMILES string of the molecule is CC(=O)NC1CCN(Cc2ccc(C)c(-c3cc(CC4CC4(F)F)c4c(n3)N(C)S(=O)(=O)N4)c2)CC1. The zero-order valence-corrected chi connectivity index (χ0v) is 21.5. The average Bonchev–Trinajstić information content (AvgIpc) is 3.33. The highest BCUT2D eigenvalue weighted by atomic mass is 32.2. The van der Waals surface area contributed by atoms with Gasteiger partial charge in [-0.25, -0.2) is 18.1 Å². The molecule has 8 nitrogen and oxygen atoms in total. The summed E-state index contributed by atoms with van der Waals surface area (Å²) in [5.74, 6) is -3.27. The van der Waals surface area contributed by atoms with Crippen LogP contribution in [0.5, 0.6) is 0 Å². The third kappa shape index (κ3) is 4.90. The van der Waals surface area contributed by atoms with Crippen LogP contribution in [0.25, 0.3) is 11.3 Å². The van der Waals surface area contributed by atoms with Crippen molar-refractivity contribution in [3.63, 3.8) is 0 Å². The third-order valence-electron chi connectivity index (χ3n) is 7.37. The number of benzene rings is 1. The Hall–Kier alpha value is -2.79. The van der Waals surface area contributed by atoms with Gasteiger partial charge in [0, 0.05) is 57.5 Å². The zero-order valence-electron chi connectivity index (χ0n) is 20.6. The van der Waals surface area contributed by atoms with Gasteiger partial charge in [-0.05, 0) is 55.0 Å². The Labute approximate surface area is 210 Å². The molecule has 36 heavy (non-hydrogen) atoms. The van der Waals surface area contributed by atoms with Crippen LogP contribution in [0.4, 0.5) is 20.3 Å². The number of fused-ring (bicyclic) bond motifs is 1. The molecule has 1 unspecified atom stereocenters. The van der Waals surface area contributed by atoms with Gasteiger partial charge in [-0.15, -0.1) is 0 Å². The van der Waals surface area contributed by atoms with Crippen molar-refractivity contribution in [1.82, 2.24) is 15.2 Å². The summed E-state index contributed by atoms with van der Waals surface area (Å²) in [5.41, 5.74) is 4.31. The molecule has 1 saturated heterocycles. The summed E-state index contributed by atoms with van der Waals surface area (Å²) < 4.78 is 55.9. The number of hydrogen-bond acceptors (Lipinski definition) is 5. The number of amides is 1. The fraction of sp³-hybridized carbons (Fsp3) is 0.520. The summed E-state index contributed by atoms with van der Waals surface area (Å²) in [6.45, 7) is 5.99. The van der Waals surface area contributed by atoms with Crippen LogP contribution in [-0.4, -0.2) is 56.3 Å². The quantitative estimate of drug-likeness (QED) is 0.610. The Morgan fingerprint density at radius 3 is 2.58 bits per heavy atom. The summed E-state index contributed by atoms with van der Waals surface area (Å²) in [6, 6.07) is 8.09. The van der Waals surface area contributed by atoms with E-state index in [1.165, 1.54) is 14.0 Å². The number of carbonyl (C=O) groups is 1. The minimum atomic E-state index is -3.80. The van der Waals surface area contributed by atoms with Gasteiger partial charge in [-0.3, -0.25) is 14.4 Å². The van der Waals surface area contributed by atoms with Gasteiger partial charge in [0.25, 0.3) is 5.92 Å². The molecule has 194 valence electrons. The first-order valence-electron chi connectivity index (χ1n) is 12.2. The van der Waals surface area contributed by atoms with Crippen LogP contribution < -0.4 is 14.3 Å². The molecular formula is C25H31F2N5O3S. The number of nitrogens with zero attached hydrogens (tertiary/aromatic N) is 3. The Balaban J connectivity index is 1.42. The van der Waals surface area contributed by atoms with E-state index < -0.39 is 22.0 Å². The molecule has 1 aliphatic carbocycles. The van der Waals surface area contributed by atoms with Gasteiger partial charge >= 0.3 is 10.2 Å². The Kier molecular flexibility index (Phi) is 6.19. The molecule has 0 radical (unpaired) electrons. The van der Waals surface area contributed by atoms with Crippen LogP contribution in [0.15, 0.2) is 24.3 Å². The molecule has 1 atom stereocenters. The van der Waals surface area contributed by atoms with Crippen molar-refractivity contribution in [2.75, 3.05) is 29.2 Å². The van der Waals surface area contributed by atoms with E-state index in [9.17, 15) is 22.0 Å². The first-order chi connectivity index (χ1) is 16.9. The maximum Gasteiger partial charge on any atom is 0.325 e. The molecule has 1 aromatic carbocycles. The van der Waals surface area contributed by atoms with Crippen LogP contribution in [-0.2, 0) is 28.0 Å². The van der Waals surface area contributed by atoms with E-state index in [2.05, 4.69) is 32.1 Å². The van der Waals surface area contributed by atoms with Gasteiger partial charge < -0.3 is 5.32 Å². The number of piperidine rings is 1. The maximum absolute atomic E-state index is 13.7. The molecule has 3 heterocycles. The first-order valence-corrected chi connectivity index (χ1v) is 13.6. The molecule has 0 bridgehead atoms. The summed E-state index contributed by atoms with van der Waals surface area (Å²) in [4.78, 5) is 18.3. The number of halogens is 2. The zero-order chi connectivity index (χ0) is 25.8. The number of rotatable bonds is 6. The van der Waals surface area contributed by atoms with Gasteiger partial charge in [0.1, 0.15) is 0 Å². The number of aryl methyl sites for hydroxylation is 1. The van der Waals surface area contributed by atoms with E-state index in [0.717, 1.165) is 53.5 Å². The number of nitrogens with one attached hydrogen (secondary N) is 2. The smallest absolute Gasteiger partial charge is 0.325 e. The molecular weight excluding hydrogens is 488 g/mol. The number of carbonyl (C=O) groups excluding carboxylic acids is 1. The van der Waals surface area contributed by atoms with Gasteiger partial charge in [-0.2, -0.15) is 8.42 Å². The standard InChI is InChI=1S/C25H31F2N5O3S/c1-15-4-5-17(14-32-8-6-20(7-9-32)28-16(2)33)10-21(15)22-12-18(11-19-13-25(19,26)27)23-24(29-22)31(3)36(34,35)30-23/h4-5,10,12,19-20,30H,6-9,11,13-14H2,1-3H3,(H,28,33). The van der Waals surface area contributed by atoms with Crippen LogP contribution in [0, 0.1) is 12.8 Å². The van der Waals surface area contributed by atoms with Crippen LogP contribution in [0.1, 0.15) is 42.9 Å². The predicted molar refractivity (Wildman–Crippen MR) is 134 cm³/mol. The van der Waals surface area contributed by atoms with E-state index in [1.54, 1.807) is 6.07 Å². The number of anilines is 2. The molecule has 2 aromatic rings. The van der Waals surface area contributed by atoms with Crippen molar-refractivity contribution >= 4 is 27.6 Å². The van der Waals surface area contributed by atoms with Gasteiger partial charge in [0.2, 0.25) is 5.91 Å². The molecule has 2 fully saturated rings. The van der Waals surface area contributed by atoms with E-state index in [0.29, 0.717) is 16.9 Å². The van der Waals surface area contributed by atoms with Gasteiger partial charge in [-0.1, -0.05) is 12.1 Å². The summed E-state index contributed by atoms with van der Waals surface area (Å²) in [6.07, 6.45) is 1.69. The molecule has 0 spiro atoms. The molecule has 2 N–H and O–H groups in total. The molecule has 3 aliphatic rings. The fourth-order valence-corrected chi connectivity index (χ4v) is 6.09. The Morgan fingerprint density at radius 2 is 1.94 bits per heavy atom. The van der Waals surface area contributed by atoms with Crippen LogP contribution in [0.2, 0.25) is 0 Å². The van der Waals surface area contributed by atoms with Crippen molar-refractivity contribution in [1.29, 1.82) is 0 Å². The molecule has 5 rings (SSSR count). The third-order valence-corrected chi connectivity index (χ3v) is 8.73. The maximum atomic E-state index is 13.7. The number of aromatic nitrogens is 1. The second kappa shape index (κ2) is 8.95. The second-order valence-electron chi connectivity index (χ2n) is 10.2. The van der Waals surface area contributed by atoms with E-state index in [4.69, 9.17) is 0 Å². The highest BCUT2D eigenvalue weighted by Crippen LogP contribution is 2.52. The van der Waals surface area contributed by atoms with Crippen LogP contribution >= 0.6 is 0 Å². The first kappa shape index (κ1) is 24.9. The van der Waals surface area contributed by atoms with Crippen molar-refractivity contribution < 1.29 is 22.0 Å². The van der Waals surface area contributed by atoms with E-state index in [-0.39, 0.29) is 30.6 Å². The predicted octanol–water partition coefficient (Wildman–Crippen LogP) is 3.46. The van der Waals surface area contributed by atoms with Crippen molar-refractivity contribution in [2.45, 2.75) is 58.0 Å². The monoisotopic (exact) mass is 519 g/mol. The minimum Gasteiger partial charge on any atom is -0.354 e. The van der Waals surface area contributed by atoms with Crippen molar-refractivity contribution in [2.24, 2.45) is 5.92 Å². The summed E-state index contributed by atoms with van der Waals surface area (Å²) >= 11 is 0. The van der Waals surface area contributed by atoms with E-state index in [1.807, 2.05) is 13.0 Å². The van der Waals surface area contributed by atoms with Crippen molar-refractivity contribution in [3.05, 3.63) is 41.0 Å². The number of likely N-dealkylation sites (tertiary alicyclic amines) is 1. The number of alkyl halides is 2. The largest absolute Gasteiger partial charge is 0.354 e. The molecule has 11 heteroatoms. The van der Waals surface area contributed by atoms with Gasteiger partial charge in [0.15, 0.2) is 5.82 Å². The topological polar surface area (TPSA) is 94.6 Å². The lowest BCUT2D eigenvalue weighted by molar-refractivity contribution is -0.120. The highest BCUT2D eigenvalue weighted by molar-refractivity contribution is 7.94. The fourth-order valence-electron chi connectivity index (χ4n) is 5.11. The minimum absolute atomic E-state index is 0.00288. The Bertz CT molecular complexity index is 1310. The summed E-state index contributed by atoms with van der Waals surface area (Å²) in [7, 11) is -2.39. The molecule has 1 saturated carbocycles. The van der Waals surface area contributed by atoms with Crippen LogP contribution in [0.3, 0.4) is 0 Å². The van der Waals surface area contributed by atoms with Gasteiger partial charge in [0.05, 0.1) is 11.4 Å². The molecule has 1 amide bonds. The van der Waals surface area contributed by atoms with Crippen molar-refractivity contribution in [3.8, 4) is 11.3 Å². The lowest BCUT2D eigenvalue weighted by Gasteiger charge is -2.32. The normalized spacial score (nSPS) is 22.7. The number of hydrogen-bond donors (Lipinski definition) is 2. The Morgan fingerprint density at radius 1 is 1.25 bits per heavy atom.